The van der Waals surface area contributed by atoms with E-state index in [1.54, 1.807) is 6.92 Å². The quantitative estimate of drug-likeness (QED) is 0.485. The molecule has 14 heavy (non-hydrogen) atoms. The molecule has 1 unspecified atom stereocenters. The van der Waals surface area contributed by atoms with E-state index in [4.69, 9.17) is 0 Å². The highest BCUT2D eigenvalue weighted by Gasteiger charge is 2.10. The van der Waals surface area contributed by atoms with Crippen molar-refractivity contribution in [3.8, 4) is 0 Å². The number of hydrogen-bond donors (Lipinski definition) is 1. The molecule has 0 aliphatic heterocycles. The number of nitrogens with one attached hydrogen (secondary N) is 1. The Balaban J connectivity index is 3.53. The molecule has 0 aromatic carbocycles. The molecule has 1 N–H and O–H groups in total. The first-order valence-electron chi connectivity index (χ1n) is 4.78. The summed E-state index contributed by atoms with van der Waals surface area (Å²) in [5.41, 5.74) is 0. The fourth-order valence-electron chi connectivity index (χ4n) is 0.975. The molecule has 1 amide bonds. The minimum Gasteiger partial charge on any atom is -0.356 e. The van der Waals surface area contributed by atoms with Crippen LogP contribution >= 0.6 is 0 Å². The van der Waals surface area contributed by atoms with E-state index in [1.807, 2.05) is 0 Å². The highest BCUT2D eigenvalue weighted by atomic mass is 16.2. The van der Waals surface area contributed by atoms with Crippen LogP contribution in [0.25, 0.3) is 0 Å². The van der Waals surface area contributed by atoms with Gasteiger partial charge in [0.2, 0.25) is 5.91 Å². The van der Waals surface area contributed by atoms with E-state index >= 15 is 0 Å². The van der Waals surface area contributed by atoms with E-state index in [0.29, 0.717) is 19.4 Å². The number of Topliss-reactive ketones (excluding diaryl/α,β-unsaturated/α-hetero) is 1. The number of aldehydes is 1. The summed E-state index contributed by atoms with van der Waals surface area (Å²) in [4.78, 5) is 31.9. The lowest BCUT2D eigenvalue weighted by Crippen LogP contribution is -2.30. The van der Waals surface area contributed by atoms with Crippen LogP contribution in [0, 0.1) is 5.92 Å². The van der Waals surface area contributed by atoms with Gasteiger partial charge >= 0.3 is 0 Å². The van der Waals surface area contributed by atoms with Crippen LogP contribution in [0.3, 0.4) is 0 Å². The number of rotatable bonds is 7. The van der Waals surface area contributed by atoms with Crippen LogP contribution in [-0.2, 0) is 14.4 Å². The van der Waals surface area contributed by atoms with Crippen LogP contribution < -0.4 is 5.32 Å². The lowest BCUT2D eigenvalue weighted by molar-refractivity contribution is -0.126. The van der Waals surface area contributed by atoms with Gasteiger partial charge in [0.1, 0.15) is 12.1 Å². The minimum absolute atomic E-state index is 0.124. The maximum absolute atomic E-state index is 11.2. The third-order valence-electron chi connectivity index (χ3n) is 1.90. The third kappa shape index (κ3) is 6.34. The van der Waals surface area contributed by atoms with E-state index in [9.17, 15) is 14.4 Å². The van der Waals surface area contributed by atoms with E-state index in [1.165, 1.54) is 6.92 Å². The second-order valence-electron chi connectivity index (χ2n) is 3.40. The molecule has 0 aromatic heterocycles. The lowest BCUT2D eigenvalue weighted by atomic mass is 10.1. The first-order valence-corrected chi connectivity index (χ1v) is 4.78. The van der Waals surface area contributed by atoms with Crippen LogP contribution in [0.4, 0.5) is 0 Å². The smallest absolute Gasteiger partial charge is 0.223 e. The molecule has 0 aliphatic carbocycles. The number of carbonyl (C=O) groups is 3. The Labute approximate surface area is 84.1 Å². The van der Waals surface area contributed by atoms with E-state index in [0.717, 1.165) is 6.29 Å². The summed E-state index contributed by atoms with van der Waals surface area (Å²) in [7, 11) is 0. The molecule has 80 valence electrons. The number of amides is 1. The largest absolute Gasteiger partial charge is 0.356 e. The van der Waals surface area contributed by atoms with E-state index in [-0.39, 0.29) is 24.0 Å². The molecule has 0 aliphatic rings. The summed E-state index contributed by atoms with van der Waals surface area (Å²) in [5.74, 6) is -0.273. The molecule has 0 spiro atoms. The zero-order valence-corrected chi connectivity index (χ0v) is 8.71. The molecule has 0 bridgehead atoms. The summed E-state index contributed by atoms with van der Waals surface area (Å²) >= 11 is 0. The average molecular weight is 199 g/mol. The molecule has 4 nitrogen and oxygen atoms in total. The molecule has 0 fully saturated rings. The van der Waals surface area contributed by atoms with Crippen molar-refractivity contribution in [3.05, 3.63) is 0 Å². The lowest BCUT2D eigenvalue weighted by Gasteiger charge is -2.08. The van der Waals surface area contributed by atoms with Crippen molar-refractivity contribution in [1.82, 2.24) is 5.32 Å². The Bertz CT molecular complexity index is 213. The third-order valence-corrected chi connectivity index (χ3v) is 1.90. The predicted octanol–water partition coefficient (Wildman–Crippen LogP) is 0.697. The van der Waals surface area contributed by atoms with Gasteiger partial charge < -0.3 is 14.9 Å². The Kier molecular flexibility index (Phi) is 6.62. The van der Waals surface area contributed by atoms with Gasteiger partial charge in [0, 0.05) is 25.3 Å². The van der Waals surface area contributed by atoms with Crippen molar-refractivity contribution in [3.63, 3.8) is 0 Å². The topological polar surface area (TPSA) is 63.2 Å². The van der Waals surface area contributed by atoms with Gasteiger partial charge in [-0.3, -0.25) is 4.79 Å². The van der Waals surface area contributed by atoms with Crippen molar-refractivity contribution < 1.29 is 14.4 Å². The van der Waals surface area contributed by atoms with Gasteiger partial charge in [-0.05, 0) is 13.3 Å². The molecular weight excluding hydrogens is 182 g/mol. The van der Waals surface area contributed by atoms with Crippen LogP contribution in [0.2, 0.25) is 0 Å². The summed E-state index contributed by atoms with van der Waals surface area (Å²) < 4.78 is 0. The molecular formula is C10H17NO3. The monoisotopic (exact) mass is 199 g/mol. The van der Waals surface area contributed by atoms with Gasteiger partial charge in [-0.1, -0.05) is 6.92 Å². The highest BCUT2D eigenvalue weighted by Crippen LogP contribution is 1.98. The fraction of sp³-hybridized carbons (Fsp3) is 0.700. The standard InChI is InChI=1S/C10H17NO3/c1-8(5-7-12)10(14)11-6-3-4-9(2)13/h7-8H,3-6H2,1-2H3,(H,11,14). The van der Waals surface area contributed by atoms with Crippen LogP contribution in [0.5, 0.6) is 0 Å². The van der Waals surface area contributed by atoms with Crippen molar-refractivity contribution >= 4 is 18.0 Å². The SMILES string of the molecule is CC(=O)CCCNC(=O)C(C)CC=O. The Hall–Kier alpha value is -1.19. The Morgan fingerprint density at radius 1 is 1.43 bits per heavy atom. The minimum atomic E-state index is -0.273. The second-order valence-corrected chi connectivity index (χ2v) is 3.40. The molecule has 0 saturated carbocycles. The van der Waals surface area contributed by atoms with Gasteiger partial charge in [0.15, 0.2) is 0 Å². The summed E-state index contributed by atoms with van der Waals surface area (Å²) in [5, 5.41) is 2.67. The molecule has 0 radical (unpaired) electrons. The average Bonchev–Trinajstić information content (AvgIpc) is 2.12. The van der Waals surface area contributed by atoms with Crippen molar-refractivity contribution in [2.75, 3.05) is 6.54 Å². The highest BCUT2D eigenvalue weighted by molar-refractivity contribution is 5.80. The zero-order valence-electron chi connectivity index (χ0n) is 8.71. The number of carbonyl (C=O) groups excluding carboxylic acids is 3. The number of hydrogen-bond acceptors (Lipinski definition) is 3. The molecule has 1 atom stereocenters. The number of ketones is 1. The first kappa shape index (κ1) is 12.8. The maximum atomic E-state index is 11.2. The van der Waals surface area contributed by atoms with Crippen LogP contribution in [0.1, 0.15) is 33.1 Å². The van der Waals surface area contributed by atoms with Crippen LogP contribution in [-0.4, -0.2) is 24.5 Å². The van der Waals surface area contributed by atoms with Gasteiger partial charge in [-0.25, -0.2) is 0 Å². The summed E-state index contributed by atoms with van der Waals surface area (Å²) in [6.07, 6.45) is 2.13. The van der Waals surface area contributed by atoms with Gasteiger partial charge in [-0.15, -0.1) is 0 Å². The van der Waals surface area contributed by atoms with Gasteiger partial charge in [0.25, 0.3) is 0 Å². The van der Waals surface area contributed by atoms with Gasteiger partial charge in [0.05, 0.1) is 0 Å². The fourth-order valence-corrected chi connectivity index (χ4v) is 0.975. The Morgan fingerprint density at radius 3 is 2.57 bits per heavy atom. The molecule has 4 heteroatoms. The molecule has 0 saturated heterocycles. The van der Waals surface area contributed by atoms with Crippen molar-refractivity contribution in [1.29, 1.82) is 0 Å². The van der Waals surface area contributed by atoms with Crippen molar-refractivity contribution in [2.24, 2.45) is 5.92 Å². The summed E-state index contributed by atoms with van der Waals surface area (Å²) in [6.45, 7) is 3.73. The molecule has 0 aromatic rings. The normalized spacial score (nSPS) is 11.9. The first-order chi connectivity index (χ1) is 6.57. The van der Waals surface area contributed by atoms with Crippen molar-refractivity contribution in [2.45, 2.75) is 33.1 Å². The molecule has 0 heterocycles. The predicted molar refractivity (Wildman–Crippen MR) is 52.8 cm³/mol. The van der Waals surface area contributed by atoms with Gasteiger partial charge in [-0.2, -0.15) is 0 Å². The maximum Gasteiger partial charge on any atom is 0.223 e. The summed E-state index contributed by atoms with van der Waals surface area (Å²) in [6, 6.07) is 0. The Morgan fingerprint density at radius 2 is 2.07 bits per heavy atom. The van der Waals surface area contributed by atoms with E-state index in [2.05, 4.69) is 5.32 Å². The van der Waals surface area contributed by atoms with E-state index < -0.39 is 0 Å². The second kappa shape index (κ2) is 7.24. The van der Waals surface area contributed by atoms with Crippen LogP contribution in [0.15, 0.2) is 0 Å². The molecule has 0 rings (SSSR count). The zero-order chi connectivity index (χ0) is 11.0.